The van der Waals surface area contributed by atoms with Gasteiger partial charge < -0.3 is 10.2 Å². The lowest BCUT2D eigenvalue weighted by Gasteiger charge is -2.27. The van der Waals surface area contributed by atoms with E-state index in [0.717, 1.165) is 28.3 Å². The summed E-state index contributed by atoms with van der Waals surface area (Å²) in [4.78, 5) is 13.6. The monoisotopic (exact) mass is 728 g/mol. The van der Waals surface area contributed by atoms with Crippen molar-refractivity contribution in [2.45, 2.75) is 49.8 Å². The Bertz CT molecular complexity index is 1760. The minimum Gasteiger partial charge on any atom is -0.344 e. The van der Waals surface area contributed by atoms with Gasteiger partial charge in [-0.25, -0.2) is 0 Å². The van der Waals surface area contributed by atoms with E-state index in [1.54, 1.807) is 6.07 Å². The second-order valence-electron chi connectivity index (χ2n) is 11.5. The van der Waals surface area contributed by atoms with Gasteiger partial charge in [0.25, 0.3) is 20.2 Å². The number of nitrogens with zero attached hydrogens (tertiary/aromatic N) is 2. The average molecular weight is 729 g/mol. The van der Waals surface area contributed by atoms with Crippen molar-refractivity contribution in [1.29, 1.82) is 0 Å². The van der Waals surface area contributed by atoms with Crippen LogP contribution in [-0.2, 0) is 35.9 Å². The predicted molar refractivity (Wildman–Crippen MR) is 173 cm³/mol. The molecule has 0 spiro atoms. The number of halogens is 1. The van der Waals surface area contributed by atoms with E-state index in [4.69, 9.17) is 0 Å². The molecule has 0 unspecified atom stereocenters. The van der Waals surface area contributed by atoms with Crippen molar-refractivity contribution >= 4 is 71.5 Å². The quantitative estimate of drug-likeness (QED) is 0.144. The van der Waals surface area contributed by atoms with Gasteiger partial charge in [-0.1, -0.05) is 42.5 Å². The van der Waals surface area contributed by atoms with Crippen LogP contribution in [0.15, 0.2) is 65.2 Å². The van der Waals surface area contributed by atoms with Gasteiger partial charge in [-0.15, -0.1) is 0 Å². The summed E-state index contributed by atoms with van der Waals surface area (Å²) in [5, 5.41) is 2.92. The number of allylic oxidation sites excluding steroid dienone is 4. The Hall–Kier alpha value is -2.59. The molecule has 0 fully saturated rings. The van der Waals surface area contributed by atoms with Crippen LogP contribution in [0.1, 0.15) is 45.2 Å². The van der Waals surface area contributed by atoms with Gasteiger partial charge in [0, 0.05) is 46.7 Å². The highest BCUT2D eigenvalue weighted by molar-refractivity contribution is 14.1. The number of fused-ring (bicyclic) bond motifs is 2. The van der Waals surface area contributed by atoms with Crippen molar-refractivity contribution in [3.63, 3.8) is 0 Å². The van der Waals surface area contributed by atoms with Gasteiger partial charge in [-0.05, 0) is 62.2 Å². The summed E-state index contributed by atoms with van der Waals surface area (Å²) in [5.74, 6) is -0.485. The standard InChI is InChI=1S/C29H34IN3O7S2/c1-28(2)21-16-19(31-27(34)18-30)10-12-23(21)32(5)25(28)8-6-9-26-29(3,4)22-17-20(42(38,39)40)11-13-24(22)33(26)14-7-15-41(35,36)37/h6,8-13,16-17H,7,14-15,18H2,1-5H3,(H2-,31,34,35,36,37,38,39,40)/p+1. The Balaban J connectivity index is 1.72. The number of anilines is 2. The maximum absolute atomic E-state index is 11.9. The number of carbonyl (C=O) groups is 1. The lowest BCUT2D eigenvalue weighted by Crippen LogP contribution is -2.28. The van der Waals surface area contributed by atoms with Crippen LogP contribution in [0.25, 0.3) is 0 Å². The predicted octanol–water partition coefficient (Wildman–Crippen LogP) is 4.83. The molecule has 0 bridgehead atoms. The van der Waals surface area contributed by atoms with Crippen molar-refractivity contribution in [1.82, 2.24) is 0 Å². The fourth-order valence-electron chi connectivity index (χ4n) is 5.80. The van der Waals surface area contributed by atoms with Gasteiger partial charge >= 0.3 is 0 Å². The summed E-state index contributed by atoms with van der Waals surface area (Å²) in [6.45, 7) is 8.35. The summed E-state index contributed by atoms with van der Waals surface area (Å²) in [5.41, 5.74) is 4.96. The van der Waals surface area contributed by atoms with E-state index < -0.39 is 31.4 Å². The largest absolute Gasteiger partial charge is 0.344 e. The molecule has 0 aromatic heterocycles. The van der Waals surface area contributed by atoms with E-state index in [-0.39, 0.29) is 29.2 Å². The molecule has 0 aliphatic carbocycles. The highest BCUT2D eigenvalue weighted by Crippen LogP contribution is 2.48. The molecule has 1 amide bonds. The minimum absolute atomic E-state index is 0.0690. The fourth-order valence-corrected chi connectivity index (χ4v) is 6.99. The van der Waals surface area contributed by atoms with Crippen molar-refractivity contribution in [2.75, 3.05) is 34.0 Å². The van der Waals surface area contributed by atoms with Crippen molar-refractivity contribution in [3.8, 4) is 0 Å². The third-order valence-electron chi connectivity index (χ3n) is 7.89. The third-order valence-corrected chi connectivity index (χ3v) is 10.2. The molecular formula is C29H35IN3O7S2+. The molecule has 2 heterocycles. The summed E-state index contributed by atoms with van der Waals surface area (Å²) in [6.07, 6.45) is 6.00. The van der Waals surface area contributed by atoms with Gasteiger partial charge in [-0.2, -0.15) is 21.4 Å². The number of carbonyl (C=O) groups excluding carboxylic acids is 1. The molecule has 4 rings (SSSR count). The van der Waals surface area contributed by atoms with Crippen LogP contribution in [0.4, 0.5) is 17.1 Å². The Morgan fingerprint density at radius 3 is 2.33 bits per heavy atom. The van der Waals surface area contributed by atoms with Crippen LogP contribution in [0.3, 0.4) is 0 Å². The Labute approximate surface area is 260 Å². The van der Waals surface area contributed by atoms with Crippen LogP contribution >= 0.6 is 22.6 Å². The zero-order chi connectivity index (χ0) is 31.3. The molecule has 10 nitrogen and oxygen atoms in total. The van der Waals surface area contributed by atoms with E-state index >= 15 is 0 Å². The summed E-state index contributed by atoms with van der Waals surface area (Å²) in [7, 11) is -6.60. The van der Waals surface area contributed by atoms with Gasteiger partial charge in [0.2, 0.25) is 11.6 Å². The average Bonchev–Trinajstić information content (AvgIpc) is 3.21. The Kier molecular flexibility index (Phi) is 8.84. The van der Waals surface area contributed by atoms with E-state index in [0.29, 0.717) is 15.7 Å². The van der Waals surface area contributed by atoms with E-state index in [1.807, 2.05) is 84.8 Å². The normalized spacial score (nSPS) is 18.6. The molecule has 0 radical (unpaired) electrons. The number of rotatable bonds is 9. The lowest BCUT2D eigenvalue weighted by molar-refractivity contribution is -0.401. The zero-order valence-electron chi connectivity index (χ0n) is 24.0. The summed E-state index contributed by atoms with van der Waals surface area (Å²) in [6, 6.07) is 10.2. The number of benzene rings is 2. The molecule has 13 heteroatoms. The molecule has 0 saturated carbocycles. The maximum atomic E-state index is 11.9. The first-order valence-corrected chi connectivity index (χ1v) is 17.8. The van der Waals surface area contributed by atoms with Crippen LogP contribution < -0.4 is 10.2 Å². The van der Waals surface area contributed by atoms with Crippen LogP contribution in [-0.4, -0.2) is 65.9 Å². The topological polar surface area (TPSA) is 144 Å². The molecule has 42 heavy (non-hydrogen) atoms. The Morgan fingerprint density at radius 2 is 1.71 bits per heavy atom. The van der Waals surface area contributed by atoms with Gasteiger partial charge in [0.1, 0.15) is 7.05 Å². The first kappa shape index (κ1) is 32.3. The fraction of sp³-hybridized carbons (Fsp3) is 0.379. The van der Waals surface area contributed by atoms with Gasteiger partial charge in [-0.3, -0.25) is 13.9 Å². The molecular weight excluding hydrogens is 693 g/mol. The van der Waals surface area contributed by atoms with Crippen LogP contribution in [0.2, 0.25) is 0 Å². The second kappa shape index (κ2) is 11.5. The number of hydrogen-bond donors (Lipinski definition) is 3. The van der Waals surface area contributed by atoms with Crippen molar-refractivity contribution in [2.24, 2.45) is 0 Å². The number of alkyl halides is 1. The zero-order valence-corrected chi connectivity index (χ0v) is 27.8. The highest BCUT2D eigenvalue weighted by Gasteiger charge is 2.44. The maximum Gasteiger partial charge on any atom is 0.294 e. The lowest BCUT2D eigenvalue weighted by atomic mass is 9.81. The minimum atomic E-state index is -4.43. The second-order valence-corrected chi connectivity index (χ2v) is 15.2. The van der Waals surface area contributed by atoms with Gasteiger partial charge in [0.15, 0.2) is 5.71 Å². The van der Waals surface area contributed by atoms with Gasteiger partial charge in [0.05, 0.1) is 20.5 Å². The van der Waals surface area contributed by atoms with Crippen molar-refractivity contribution in [3.05, 3.63) is 71.5 Å². The number of hydrogen-bond acceptors (Lipinski definition) is 6. The smallest absolute Gasteiger partial charge is 0.294 e. The van der Waals surface area contributed by atoms with E-state index in [2.05, 4.69) is 23.7 Å². The third kappa shape index (κ3) is 6.34. The molecule has 2 aromatic rings. The summed E-state index contributed by atoms with van der Waals surface area (Å²) < 4.78 is 67.9. The van der Waals surface area contributed by atoms with Crippen LogP contribution in [0, 0.1) is 0 Å². The summed E-state index contributed by atoms with van der Waals surface area (Å²) >= 11 is 2.02. The molecule has 0 saturated heterocycles. The van der Waals surface area contributed by atoms with E-state index in [9.17, 15) is 30.7 Å². The molecule has 0 atom stereocenters. The molecule has 2 aromatic carbocycles. The highest BCUT2D eigenvalue weighted by atomic mass is 127. The first-order valence-electron chi connectivity index (χ1n) is 13.2. The molecule has 3 N–H and O–H groups in total. The van der Waals surface area contributed by atoms with Crippen molar-refractivity contribution < 1.29 is 35.3 Å². The molecule has 2 aliphatic rings. The molecule has 2 aliphatic heterocycles. The molecule has 226 valence electrons. The Morgan fingerprint density at radius 1 is 1.02 bits per heavy atom. The SMILES string of the molecule is C[N+]1=C(/C=C/C=C2\N(CCCS(=O)(=O)O)c3ccc(S(=O)(=O)O)cc3C2(C)C)C(C)(C)c2cc(NC(=O)CI)ccc21. The number of amides is 1. The number of nitrogens with one attached hydrogen (secondary N) is 1. The van der Waals surface area contributed by atoms with Crippen LogP contribution in [0.5, 0.6) is 0 Å². The first-order chi connectivity index (χ1) is 19.4. The van der Waals surface area contributed by atoms with E-state index in [1.165, 1.54) is 12.1 Å².